The Morgan fingerprint density at radius 1 is 1.28 bits per heavy atom. The zero-order chi connectivity index (χ0) is 12.8. The van der Waals surface area contributed by atoms with E-state index in [0.29, 0.717) is 5.92 Å². The summed E-state index contributed by atoms with van der Waals surface area (Å²) in [5.74, 6) is 1.58. The van der Waals surface area contributed by atoms with Gasteiger partial charge >= 0.3 is 0 Å². The van der Waals surface area contributed by atoms with Gasteiger partial charge in [-0.25, -0.2) is 0 Å². The number of nitrogens with one attached hydrogen (secondary N) is 1. The van der Waals surface area contributed by atoms with Gasteiger partial charge in [-0.2, -0.15) is 0 Å². The van der Waals surface area contributed by atoms with Crippen molar-refractivity contribution in [2.45, 2.75) is 44.6 Å². The minimum absolute atomic E-state index is 0.112. The van der Waals surface area contributed by atoms with Crippen molar-refractivity contribution in [3.63, 3.8) is 0 Å². The third-order valence-electron chi connectivity index (χ3n) is 4.00. The van der Waals surface area contributed by atoms with E-state index in [-0.39, 0.29) is 5.60 Å². The summed E-state index contributed by atoms with van der Waals surface area (Å²) in [4.78, 5) is 0. The highest BCUT2D eigenvalue weighted by Crippen LogP contribution is 2.43. The molecule has 2 aliphatic rings. The van der Waals surface area contributed by atoms with Crippen molar-refractivity contribution in [1.82, 2.24) is 5.32 Å². The van der Waals surface area contributed by atoms with Crippen molar-refractivity contribution in [3.05, 3.63) is 28.3 Å². The van der Waals surface area contributed by atoms with E-state index >= 15 is 0 Å². The van der Waals surface area contributed by atoms with E-state index in [0.717, 1.165) is 30.3 Å². The molecule has 0 bridgehead atoms. The normalized spacial score (nSPS) is 22.6. The van der Waals surface area contributed by atoms with Gasteiger partial charge in [0.25, 0.3) is 0 Å². The Bertz CT molecular complexity index is 464. The van der Waals surface area contributed by atoms with Gasteiger partial charge in [-0.05, 0) is 57.3 Å². The predicted octanol–water partition coefficient (Wildman–Crippen LogP) is 3.52. The molecule has 0 radical (unpaired) electrons. The van der Waals surface area contributed by atoms with Crippen LogP contribution in [0, 0.1) is 0 Å². The first-order chi connectivity index (χ1) is 8.57. The molecule has 1 N–H and O–H groups in total. The molecule has 0 aliphatic carbocycles. The molecule has 98 valence electrons. The van der Waals surface area contributed by atoms with Crippen molar-refractivity contribution < 1.29 is 4.74 Å². The van der Waals surface area contributed by atoms with Crippen LogP contribution in [0.15, 0.2) is 12.1 Å². The fourth-order valence-corrected chi connectivity index (χ4v) is 3.47. The lowest BCUT2D eigenvalue weighted by Gasteiger charge is -2.24. The fraction of sp³-hybridized carbons (Fsp3) is 0.600. The summed E-state index contributed by atoms with van der Waals surface area (Å²) in [6, 6.07) is 4.27. The van der Waals surface area contributed by atoms with E-state index < -0.39 is 0 Å². The second-order valence-electron chi connectivity index (χ2n) is 6.01. The quantitative estimate of drug-likeness (QED) is 0.839. The van der Waals surface area contributed by atoms with E-state index in [4.69, 9.17) is 16.3 Å². The van der Waals surface area contributed by atoms with E-state index in [1.54, 1.807) is 0 Å². The zero-order valence-corrected chi connectivity index (χ0v) is 11.8. The number of ether oxygens (including phenoxy) is 1. The van der Waals surface area contributed by atoms with Gasteiger partial charge in [0.15, 0.2) is 0 Å². The second-order valence-corrected chi connectivity index (χ2v) is 6.39. The smallest absolute Gasteiger partial charge is 0.124 e. The van der Waals surface area contributed by atoms with Crippen molar-refractivity contribution >= 4 is 11.6 Å². The molecule has 1 aromatic carbocycles. The van der Waals surface area contributed by atoms with Crippen LogP contribution in [0.3, 0.4) is 0 Å². The van der Waals surface area contributed by atoms with Crippen LogP contribution in [0.5, 0.6) is 5.75 Å². The van der Waals surface area contributed by atoms with Crippen LogP contribution >= 0.6 is 11.6 Å². The minimum atomic E-state index is -0.112. The molecule has 3 rings (SSSR count). The maximum absolute atomic E-state index is 6.61. The number of rotatable bonds is 1. The van der Waals surface area contributed by atoms with Gasteiger partial charge in [-0.15, -0.1) is 0 Å². The van der Waals surface area contributed by atoms with Crippen molar-refractivity contribution in [2.24, 2.45) is 0 Å². The first-order valence-corrected chi connectivity index (χ1v) is 7.16. The predicted molar refractivity (Wildman–Crippen MR) is 74.7 cm³/mol. The number of halogens is 1. The molecular weight excluding hydrogens is 246 g/mol. The molecule has 0 saturated carbocycles. The Hall–Kier alpha value is -0.730. The van der Waals surface area contributed by atoms with E-state index in [2.05, 4.69) is 31.3 Å². The minimum Gasteiger partial charge on any atom is -0.487 e. The fourth-order valence-electron chi connectivity index (χ4n) is 3.09. The summed E-state index contributed by atoms with van der Waals surface area (Å²) in [6.45, 7) is 6.43. The summed E-state index contributed by atoms with van der Waals surface area (Å²) < 4.78 is 5.92. The van der Waals surface area contributed by atoms with Gasteiger partial charge in [0, 0.05) is 12.0 Å². The number of fused-ring (bicyclic) bond motifs is 1. The molecule has 1 aromatic rings. The van der Waals surface area contributed by atoms with Gasteiger partial charge < -0.3 is 10.1 Å². The summed E-state index contributed by atoms with van der Waals surface area (Å²) in [6.07, 6.45) is 3.28. The Morgan fingerprint density at radius 3 is 2.72 bits per heavy atom. The number of piperidine rings is 1. The molecule has 0 spiro atoms. The average molecular weight is 266 g/mol. The van der Waals surface area contributed by atoms with E-state index in [9.17, 15) is 0 Å². The lowest BCUT2D eigenvalue weighted by Crippen LogP contribution is -2.26. The number of hydrogen-bond acceptors (Lipinski definition) is 2. The van der Waals surface area contributed by atoms with Crippen LogP contribution < -0.4 is 10.1 Å². The van der Waals surface area contributed by atoms with Crippen LogP contribution in [0.4, 0.5) is 0 Å². The molecule has 2 nitrogen and oxygen atoms in total. The highest BCUT2D eigenvalue weighted by molar-refractivity contribution is 6.32. The zero-order valence-electron chi connectivity index (χ0n) is 11.1. The lowest BCUT2D eigenvalue weighted by atomic mass is 9.88. The highest BCUT2D eigenvalue weighted by atomic mass is 35.5. The lowest BCUT2D eigenvalue weighted by molar-refractivity contribution is 0.138. The molecular formula is C15H20ClNO. The van der Waals surface area contributed by atoms with Crippen molar-refractivity contribution in [3.8, 4) is 5.75 Å². The first-order valence-electron chi connectivity index (χ1n) is 6.78. The molecule has 2 heterocycles. The molecule has 1 saturated heterocycles. The average Bonchev–Trinajstić information content (AvgIpc) is 2.66. The van der Waals surface area contributed by atoms with Gasteiger partial charge in [-0.3, -0.25) is 0 Å². The van der Waals surface area contributed by atoms with Crippen LogP contribution in [0.2, 0.25) is 5.02 Å². The molecule has 2 aliphatic heterocycles. The summed E-state index contributed by atoms with van der Waals surface area (Å²) in [5, 5.41) is 4.35. The maximum atomic E-state index is 6.61. The van der Waals surface area contributed by atoms with Crippen LogP contribution in [0.25, 0.3) is 0 Å². The first kappa shape index (κ1) is 12.3. The standard InChI is InChI=1S/C15H20ClNO/c1-15(2)9-12-13(18-15)4-3-11(14(12)16)10-5-7-17-8-6-10/h3-4,10,17H,5-9H2,1-2H3. The van der Waals surface area contributed by atoms with Gasteiger partial charge in [0.2, 0.25) is 0 Å². The molecule has 1 fully saturated rings. The Kier molecular flexibility index (Phi) is 3.03. The summed E-state index contributed by atoms with van der Waals surface area (Å²) in [5.41, 5.74) is 2.41. The van der Waals surface area contributed by atoms with Crippen molar-refractivity contribution in [2.75, 3.05) is 13.1 Å². The largest absolute Gasteiger partial charge is 0.487 e. The number of hydrogen-bond donors (Lipinski definition) is 1. The van der Waals surface area contributed by atoms with Gasteiger partial charge in [0.05, 0.1) is 5.02 Å². The topological polar surface area (TPSA) is 21.3 Å². The van der Waals surface area contributed by atoms with Crippen molar-refractivity contribution in [1.29, 1.82) is 0 Å². The Morgan fingerprint density at radius 2 is 2.00 bits per heavy atom. The molecule has 0 unspecified atom stereocenters. The van der Waals surface area contributed by atoms with Gasteiger partial charge in [-0.1, -0.05) is 17.7 Å². The molecule has 18 heavy (non-hydrogen) atoms. The van der Waals surface area contributed by atoms with Crippen LogP contribution in [0.1, 0.15) is 43.7 Å². The van der Waals surface area contributed by atoms with E-state index in [1.807, 2.05) is 0 Å². The molecule has 0 atom stereocenters. The third-order valence-corrected chi connectivity index (χ3v) is 4.44. The van der Waals surface area contributed by atoms with Crippen LogP contribution in [-0.4, -0.2) is 18.7 Å². The summed E-state index contributed by atoms with van der Waals surface area (Å²) in [7, 11) is 0. The summed E-state index contributed by atoms with van der Waals surface area (Å²) >= 11 is 6.61. The van der Waals surface area contributed by atoms with E-state index in [1.165, 1.54) is 24.0 Å². The Labute approximate surface area is 114 Å². The second kappa shape index (κ2) is 4.43. The molecule has 0 aromatic heterocycles. The number of benzene rings is 1. The highest BCUT2D eigenvalue weighted by Gasteiger charge is 2.33. The Balaban J connectivity index is 1.94. The third kappa shape index (κ3) is 2.12. The SMILES string of the molecule is CC1(C)Cc2c(ccc(C3CCNCC3)c2Cl)O1. The van der Waals surface area contributed by atoms with Crippen LogP contribution in [-0.2, 0) is 6.42 Å². The molecule has 3 heteroatoms. The maximum Gasteiger partial charge on any atom is 0.124 e. The molecule has 0 amide bonds. The monoisotopic (exact) mass is 265 g/mol. The van der Waals surface area contributed by atoms with Gasteiger partial charge in [0.1, 0.15) is 11.4 Å².